The predicted molar refractivity (Wildman–Crippen MR) is 103 cm³/mol. The van der Waals surface area contributed by atoms with Crippen molar-refractivity contribution in [2.75, 3.05) is 23.4 Å². The van der Waals surface area contributed by atoms with E-state index in [0.717, 1.165) is 18.4 Å². The fourth-order valence-electron chi connectivity index (χ4n) is 3.00. The van der Waals surface area contributed by atoms with Crippen molar-refractivity contribution < 1.29 is 19.1 Å². The Kier molecular flexibility index (Phi) is 5.86. The molecule has 0 aromatic heterocycles. The van der Waals surface area contributed by atoms with Crippen molar-refractivity contribution in [1.82, 2.24) is 0 Å². The van der Waals surface area contributed by atoms with E-state index < -0.39 is 11.9 Å². The zero-order valence-corrected chi connectivity index (χ0v) is 15.2. The number of ether oxygens (including phenoxy) is 1. The summed E-state index contributed by atoms with van der Waals surface area (Å²) in [7, 11) is 0. The summed E-state index contributed by atoms with van der Waals surface area (Å²) in [6, 6.07) is 14.2. The molecule has 2 amide bonds. The number of benzene rings is 2. The molecular formula is C21H22N2O4. The van der Waals surface area contributed by atoms with Gasteiger partial charge in [0.25, 0.3) is 5.91 Å². The molecule has 6 nitrogen and oxygen atoms in total. The van der Waals surface area contributed by atoms with Gasteiger partial charge in [0, 0.05) is 24.3 Å². The van der Waals surface area contributed by atoms with Gasteiger partial charge in [-0.05, 0) is 48.7 Å². The first-order valence-corrected chi connectivity index (χ1v) is 9.03. The second-order valence-electron chi connectivity index (χ2n) is 6.38. The summed E-state index contributed by atoms with van der Waals surface area (Å²) in [5.41, 5.74) is 2.77. The van der Waals surface area contributed by atoms with Crippen molar-refractivity contribution in [1.29, 1.82) is 0 Å². The van der Waals surface area contributed by atoms with Crippen LogP contribution in [0.3, 0.4) is 0 Å². The number of rotatable bonds is 6. The van der Waals surface area contributed by atoms with Gasteiger partial charge in [-0.25, -0.2) is 4.79 Å². The van der Waals surface area contributed by atoms with E-state index >= 15 is 0 Å². The molecule has 0 unspecified atom stereocenters. The lowest BCUT2D eigenvalue weighted by Gasteiger charge is -2.16. The number of nitrogens with one attached hydrogen (secondary N) is 1. The van der Waals surface area contributed by atoms with Gasteiger partial charge in [-0.3, -0.25) is 9.59 Å². The molecular weight excluding hydrogens is 344 g/mol. The predicted octanol–water partition coefficient (Wildman–Crippen LogP) is 3.17. The van der Waals surface area contributed by atoms with Crippen LogP contribution in [0, 0.1) is 0 Å². The van der Waals surface area contributed by atoms with E-state index in [1.165, 1.54) is 0 Å². The zero-order chi connectivity index (χ0) is 19.2. The number of nitrogens with zero attached hydrogens (tertiary/aromatic N) is 1. The second-order valence-corrected chi connectivity index (χ2v) is 6.38. The van der Waals surface area contributed by atoms with Crippen LogP contribution < -0.4 is 10.2 Å². The third-order valence-corrected chi connectivity index (χ3v) is 4.42. The molecule has 0 saturated carbocycles. The molecule has 1 saturated heterocycles. The number of hydrogen-bond acceptors (Lipinski definition) is 4. The molecule has 2 aromatic rings. The van der Waals surface area contributed by atoms with Crippen LogP contribution in [0.5, 0.6) is 0 Å². The Labute approximate surface area is 158 Å². The van der Waals surface area contributed by atoms with Gasteiger partial charge in [-0.1, -0.05) is 25.1 Å². The standard InChI is InChI=1S/C21H22N2O4/c1-2-15-6-3-8-17(12-15)22-19(24)14-27-21(26)16-7-4-9-18(13-16)23-11-5-10-20(23)25/h3-4,6-9,12-13H,2,5,10-11,14H2,1H3,(H,22,24). The van der Waals surface area contributed by atoms with Gasteiger partial charge in [0.2, 0.25) is 5.91 Å². The van der Waals surface area contributed by atoms with Crippen molar-refractivity contribution in [2.24, 2.45) is 0 Å². The normalized spacial score (nSPS) is 13.5. The molecule has 0 radical (unpaired) electrons. The quantitative estimate of drug-likeness (QED) is 0.797. The summed E-state index contributed by atoms with van der Waals surface area (Å²) in [5.74, 6) is -0.947. The third kappa shape index (κ3) is 4.73. The second kappa shape index (κ2) is 8.49. The van der Waals surface area contributed by atoms with E-state index in [4.69, 9.17) is 4.74 Å². The summed E-state index contributed by atoms with van der Waals surface area (Å²) in [6.07, 6.45) is 2.20. The van der Waals surface area contributed by atoms with Gasteiger partial charge < -0.3 is 15.0 Å². The maximum atomic E-state index is 12.2. The first kappa shape index (κ1) is 18.6. The summed E-state index contributed by atoms with van der Waals surface area (Å²) < 4.78 is 5.11. The van der Waals surface area contributed by atoms with Crippen LogP contribution in [0.25, 0.3) is 0 Å². The van der Waals surface area contributed by atoms with Gasteiger partial charge in [0.15, 0.2) is 6.61 Å². The van der Waals surface area contributed by atoms with Gasteiger partial charge in [-0.15, -0.1) is 0 Å². The minimum absolute atomic E-state index is 0.0502. The highest BCUT2D eigenvalue weighted by atomic mass is 16.5. The summed E-state index contributed by atoms with van der Waals surface area (Å²) >= 11 is 0. The molecule has 0 bridgehead atoms. The highest BCUT2D eigenvalue weighted by Gasteiger charge is 2.22. The van der Waals surface area contributed by atoms with Crippen LogP contribution in [-0.4, -0.2) is 30.9 Å². The smallest absolute Gasteiger partial charge is 0.338 e. The fraction of sp³-hybridized carbons (Fsp3) is 0.286. The van der Waals surface area contributed by atoms with Crippen LogP contribution in [0.2, 0.25) is 0 Å². The molecule has 1 fully saturated rings. The van der Waals surface area contributed by atoms with Crippen molar-refractivity contribution >= 4 is 29.2 Å². The van der Waals surface area contributed by atoms with Crippen LogP contribution in [0.4, 0.5) is 11.4 Å². The van der Waals surface area contributed by atoms with Crippen molar-refractivity contribution in [3.8, 4) is 0 Å². The number of esters is 1. The highest BCUT2D eigenvalue weighted by molar-refractivity contribution is 5.98. The Morgan fingerprint density at radius 2 is 1.96 bits per heavy atom. The van der Waals surface area contributed by atoms with Gasteiger partial charge in [0.05, 0.1) is 5.56 Å². The minimum Gasteiger partial charge on any atom is -0.452 e. The molecule has 0 atom stereocenters. The molecule has 1 aliphatic rings. The Bertz CT molecular complexity index is 863. The summed E-state index contributed by atoms with van der Waals surface area (Å²) in [4.78, 5) is 37.8. The van der Waals surface area contributed by atoms with Gasteiger partial charge in [0.1, 0.15) is 0 Å². The van der Waals surface area contributed by atoms with E-state index in [-0.39, 0.29) is 12.5 Å². The van der Waals surface area contributed by atoms with Crippen LogP contribution >= 0.6 is 0 Å². The van der Waals surface area contributed by atoms with E-state index in [1.54, 1.807) is 35.2 Å². The third-order valence-electron chi connectivity index (χ3n) is 4.42. The number of hydrogen-bond donors (Lipinski definition) is 1. The lowest BCUT2D eigenvalue weighted by Crippen LogP contribution is -2.24. The van der Waals surface area contributed by atoms with E-state index in [2.05, 4.69) is 5.32 Å². The summed E-state index contributed by atoms with van der Waals surface area (Å²) in [6.45, 7) is 2.31. The van der Waals surface area contributed by atoms with Gasteiger partial charge in [-0.2, -0.15) is 0 Å². The van der Waals surface area contributed by atoms with Crippen LogP contribution in [0.1, 0.15) is 35.7 Å². The van der Waals surface area contributed by atoms with Crippen LogP contribution in [0.15, 0.2) is 48.5 Å². The molecule has 1 heterocycles. The number of anilines is 2. The first-order chi connectivity index (χ1) is 13.1. The van der Waals surface area contributed by atoms with E-state index in [9.17, 15) is 14.4 Å². The molecule has 3 rings (SSSR count). The maximum Gasteiger partial charge on any atom is 0.338 e. The Morgan fingerprint density at radius 1 is 1.15 bits per heavy atom. The molecule has 1 aliphatic heterocycles. The van der Waals surface area contributed by atoms with Crippen molar-refractivity contribution in [2.45, 2.75) is 26.2 Å². The largest absolute Gasteiger partial charge is 0.452 e. The molecule has 0 spiro atoms. The van der Waals surface area contributed by atoms with E-state index in [1.807, 2.05) is 25.1 Å². The molecule has 6 heteroatoms. The van der Waals surface area contributed by atoms with Gasteiger partial charge >= 0.3 is 5.97 Å². The topological polar surface area (TPSA) is 75.7 Å². The lowest BCUT2D eigenvalue weighted by molar-refractivity contribution is -0.119. The average molecular weight is 366 g/mol. The first-order valence-electron chi connectivity index (χ1n) is 9.03. The lowest BCUT2D eigenvalue weighted by atomic mass is 10.1. The molecule has 140 valence electrons. The number of carbonyl (C=O) groups excluding carboxylic acids is 3. The Balaban J connectivity index is 1.57. The van der Waals surface area contributed by atoms with E-state index in [0.29, 0.717) is 29.9 Å². The Morgan fingerprint density at radius 3 is 2.70 bits per heavy atom. The maximum absolute atomic E-state index is 12.2. The SMILES string of the molecule is CCc1cccc(NC(=O)COC(=O)c2cccc(N3CCCC3=O)c2)c1. The Hall–Kier alpha value is -3.15. The average Bonchev–Trinajstić information content (AvgIpc) is 3.12. The van der Waals surface area contributed by atoms with Crippen molar-refractivity contribution in [3.05, 3.63) is 59.7 Å². The number of amides is 2. The molecule has 2 aromatic carbocycles. The van der Waals surface area contributed by atoms with Crippen molar-refractivity contribution in [3.63, 3.8) is 0 Å². The fourth-order valence-corrected chi connectivity index (χ4v) is 3.00. The number of carbonyl (C=O) groups is 3. The highest BCUT2D eigenvalue weighted by Crippen LogP contribution is 2.22. The molecule has 0 aliphatic carbocycles. The minimum atomic E-state index is -0.596. The number of aryl methyl sites for hydroxylation is 1. The molecule has 1 N–H and O–H groups in total. The zero-order valence-electron chi connectivity index (χ0n) is 15.2. The van der Waals surface area contributed by atoms with Crippen LogP contribution in [-0.2, 0) is 20.7 Å². The molecule has 27 heavy (non-hydrogen) atoms. The monoisotopic (exact) mass is 366 g/mol. The summed E-state index contributed by atoms with van der Waals surface area (Å²) in [5, 5.41) is 2.72.